The first-order chi connectivity index (χ1) is 14.7. The second-order valence-electron chi connectivity index (χ2n) is 8.65. The van der Waals surface area contributed by atoms with Crippen molar-refractivity contribution in [2.45, 2.75) is 50.9 Å². The average molecular weight is 408 g/mol. The third-order valence-corrected chi connectivity index (χ3v) is 6.73. The molecule has 2 atom stereocenters. The highest BCUT2D eigenvalue weighted by Gasteiger charge is 2.35. The zero-order chi connectivity index (χ0) is 20.9. The Bertz CT molecular complexity index is 846. The van der Waals surface area contributed by atoms with Crippen LogP contribution in [0.1, 0.15) is 54.8 Å². The van der Waals surface area contributed by atoms with Crippen LogP contribution in [0.15, 0.2) is 60.8 Å². The van der Waals surface area contributed by atoms with Crippen molar-refractivity contribution in [3.8, 4) is 0 Å². The molecule has 1 heterocycles. The Morgan fingerprint density at radius 1 is 1.03 bits per heavy atom. The van der Waals surface area contributed by atoms with Gasteiger partial charge < -0.3 is 20.6 Å². The van der Waals surface area contributed by atoms with E-state index in [9.17, 15) is 5.11 Å². The van der Waals surface area contributed by atoms with E-state index in [1.54, 1.807) is 11.2 Å². The molecule has 2 aliphatic rings. The lowest BCUT2D eigenvalue weighted by molar-refractivity contribution is 0.0253. The van der Waals surface area contributed by atoms with E-state index >= 15 is 0 Å². The molecule has 30 heavy (non-hydrogen) atoms. The lowest BCUT2D eigenvalue weighted by Crippen LogP contribution is -2.34. The molecule has 5 N–H and O–H groups in total. The van der Waals surface area contributed by atoms with Gasteiger partial charge in [0.05, 0.1) is 24.4 Å². The van der Waals surface area contributed by atoms with Gasteiger partial charge in [0.2, 0.25) is 0 Å². The van der Waals surface area contributed by atoms with Gasteiger partial charge in [-0.25, -0.2) is 5.84 Å². The molecule has 4 rings (SSSR count). The molecule has 0 spiro atoms. The second kappa shape index (κ2) is 9.65. The minimum atomic E-state index is -0.364. The molecule has 2 unspecified atom stereocenters. The minimum absolute atomic E-state index is 0.0297. The van der Waals surface area contributed by atoms with Gasteiger partial charge in [0.25, 0.3) is 0 Å². The van der Waals surface area contributed by atoms with E-state index in [2.05, 4.69) is 18.2 Å². The average Bonchev–Trinajstić information content (AvgIpc) is 3.05. The normalized spacial score (nSPS) is 26.0. The molecule has 0 aromatic heterocycles. The predicted octanol–water partition coefficient (Wildman–Crippen LogP) is 3.95. The van der Waals surface area contributed by atoms with Crippen molar-refractivity contribution in [3.63, 3.8) is 0 Å². The van der Waals surface area contributed by atoms with Crippen LogP contribution >= 0.6 is 0 Å². The molecular weight excluding hydrogens is 374 g/mol. The van der Waals surface area contributed by atoms with Gasteiger partial charge in [-0.1, -0.05) is 54.6 Å². The summed E-state index contributed by atoms with van der Waals surface area (Å²) in [7, 11) is 0. The Kier molecular flexibility index (Phi) is 6.72. The predicted molar refractivity (Wildman–Crippen MR) is 120 cm³/mol. The highest BCUT2D eigenvalue weighted by Crippen LogP contribution is 2.42. The van der Waals surface area contributed by atoms with E-state index in [4.69, 9.17) is 16.3 Å². The molecule has 0 bridgehead atoms. The summed E-state index contributed by atoms with van der Waals surface area (Å²) in [6.45, 7) is 1.47. The van der Waals surface area contributed by atoms with Gasteiger partial charge in [0.1, 0.15) is 0 Å². The first kappa shape index (κ1) is 20.9. The number of hydrazine groups is 1. The van der Waals surface area contributed by atoms with Crippen molar-refractivity contribution in [2.75, 3.05) is 6.61 Å². The first-order valence-electron chi connectivity index (χ1n) is 11.0. The number of rotatable bonds is 7. The molecule has 5 heteroatoms. The van der Waals surface area contributed by atoms with E-state index in [1.165, 1.54) is 5.56 Å². The number of nitrogens with zero attached hydrogens (tertiary/aromatic N) is 1. The highest BCUT2D eigenvalue weighted by atomic mass is 16.5. The van der Waals surface area contributed by atoms with Gasteiger partial charge >= 0.3 is 0 Å². The van der Waals surface area contributed by atoms with Crippen LogP contribution in [0.5, 0.6) is 0 Å². The maximum absolute atomic E-state index is 11.0. The van der Waals surface area contributed by atoms with Crippen LogP contribution < -0.4 is 11.6 Å². The molecule has 0 saturated heterocycles. The molecular formula is C25H33N3O2. The van der Waals surface area contributed by atoms with E-state index < -0.39 is 0 Å². The molecule has 1 aliphatic heterocycles. The fraction of sp³-hybridized carbons (Fsp3) is 0.440. The lowest BCUT2D eigenvalue weighted by Gasteiger charge is -2.33. The smallest absolute Gasteiger partial charge is 0.0754 e. The Morgan fingerprint density at radius 3 is 2.47 bits per heavy atom. The maximum atomic E-state index is 11.0. The van der Waals surface area contributed by atoms with Gasteiger partial charge in [-0.2, -0.15) is 0 Å². The first-order valence-corrected chi connectivity index (χ1v) is 11.0. The summed E-state index contributed by atoms with van der Waals surface area (Å²) in [5, 5.41) is 12.7. The zero-order valence-electron chi connectivity index (χ0n) is 17.5. The van der Waals surface area contributed by atoms with E-state index in [1.807, 2.05) is 36.4 Å². The number of nitrogens with two attached hydrogens (primary N) is 2. The summed E-state index contributed by atoms with van der Waals surface area (Å²) in [5.41, 5.74) is 10.1. The van der Waals surface area contributed by atoms with Gasteiger partial charge in [0, 0.05) is 18.4 Å². The summed E-state index contributed by atoms with van der Waals surface area (Å²) >= 11 is 0. The summed E-state index contributed by atoms with van der Waals surface area (Å²) in [4.78, 5) is 0. The fourth-order valence-corrected chi connectivity index (χ4v) is 4.97. The SMILES string of the molecule is N/C=C1/c2ccccc2C(CC(O)C2CCC(COCc3ccccc3)CC2)N1N. The lowest BCUT2D eigenvalue weighted by atomic mass is 9.78. The van der Waals surface area contributed by atoms with Crippen molar-refractivity contribution in [1.82, 2.24) is 5.01 Å². The van der Waals surface area contributed by atoms with E-state index in [0.29, 0.717) is 24.9 Å². The van der Waals surface area contributed by atoms with Crippen LogP contribution in [0.3, 0.4) is 0 Å². The number of benzene rings is 2. The molecule has 2 aromatic carbocycles. The number of ether oxygens (including phenoxy) is 1. The molecule has 5 nitrogen and oxygen atoms in total. The van der Waals surface area contributed by atoms with Gasteiger partial charge in [-0.3, -0.25) is 0 Å². The van der Waals surface area contributed by atoms with E-state index in [0.717, 1.165) is 49.1 Å². The number of hydrogen-bond acceptors (Lipinski definition) is 5. The molecule has 1 aliphatic carbocycles. The van der Waals surface area contributed by atoms with Gasteiger partial charge in [-0.15, -0.1) is 0 Å². The van der Waals surface area contributed by atoms with Crippen molar-refractivity contribution in [2.24, 2.45) is 23.4 Å². The fourth-order valence-electron chi connectivity index (χ4n) is 4.97. The van der Waals surface area contributed by atoms with Crippen LogP contribution in [-0.2, 0) is 11.3 Å². The maximum Gasteiger partial charge on any atom is 0.0754 e. The number of hydrogen-bond donors (Lipinski definition) is 3. The number of aliphatic hydroxyl groups is 1. The standard InChI is InChI=1S/C25H33N3O2/c26-15-24-22-9-5-4-8-21(22)23(28(24)27)14-25(29)20-12-10-19(11-13-20)17-30-16-18-6-2-1-3-7-18/h1-9,15,19-20,23,25,29H,10-14,16-17,26-27H2/b24-15-. The van der Waals surface area contributed by atoms with Crippen LogP contribution in [0.25, 0.3) is 5.70 Å². The van der Waals surface area contributed by atoms with Gasteiger partial charge in [0.15, 0.2) is 0 Å². The Balaban J connectivity index is 1.26. The van der Waals surface area contributed by atoms with Crippen molar-refractivity contribution < 1.29 is 9.84 Å². The van der Waals surface area contributed by atoms with Crippen LogP contribution in [0, 0.1) is 11.8 Å². The molecule has 0 amide bonds. The highest BCUT2D eigenvalue weighted by molar-refractivity contribution is 5.71. The van der Waals surface area contributed by atoms with Crippen LogP contribution in [-0.4, -0.2) is 22.8 Å². The molecule has 1 saturated carbocycles. The Labute approximate surface area is 179 Å². The van der Waals surface area contributed by atoms with Gasteiger partial charge in [-0.05, 0) is 55.1 Å². The van der Waals surface area contributed by atoms with Crippen molar-refractivity contribution >= 4 is 5.70 Å². The van der Waals surface area contributed by atoms with Crippen molar-refractivity contribution in [1.29, 1.82) is 0 Å². The summed E-state index contributed by atoms with van der Waals surface area (Å²) < 4.78 is 5.94. The minimum Gasteiger partial charge on any atom is -0.403 e. The molecule has 2 aromatic rings. The van der Waals surface area contributed by atoms with Crippen LogP contribution in [0.2, 0.25) is 0 Å². The third kappa shape index (κ3) is 4.53. The quantitative estimate of drug-likeness (QED) is 0.605. The third-order valence-electron chi connectivity index (χ3n) is 6.73. The number of fused-ring (bicyclic) bond motifs is 1. The Hall–Kier alpha value is -2.34. The topological polar surface area (TPSA) is 84.7 Å². The molecule has 0 radical (unpaired) electrons. The summed E-state index contributed by atoms with van der Waals surface area (Å²) in [5.74, 6) is 7.25. The summed E-state index contributed by atoms with van der Waals surface area (Å²) in [6.07, 6.45) is 6.13. The number of aliphatic hydroxyl groups excluding tert-OH is 1. The monoisotopic (exact) mass is 407 g/mol. The second-order valence-corrected chi connectivity index (χ2v) is 8.65. The Morgan fingerprint density at radius 2 is 1.73 bits per heavy atom. The summed E-state index contributed by atoms with van der Waals surface area (Å²) in [6, 6.07) is 18.4. The zero-order valence-corrected chi connectivity index (χ0v) is 17.5. The van der Waals surface area contributed by atoms with Crippen LogP contribution in [0.4, 0.5) is 0 Å². The van der Waals surface area contributed by atoms with E-state index in [-0.39, 0.29) is 12.1 Å². The van der Waals surface area contributed by atoms with Crippen molar-refractivity contribution in [3.05, 3.63) is 77.5 Å². The molecule has 1 fully saturated rings. The molecule has 160 valence electrons. The largest absolute Gasteiger partial charge is 0.403 e.